The van der Waals surface area contributed by atoms with Crippen LogP contribution in [0.2, 0.25) is 0 Å². The molecule has 8 nitrogen and oxygen atoms in total. The highest BCUT2D eigenvalue weighted by molar-refractivity contribution is 5.76. The van der Waals surface area contributed by atoms with Gasteiger partial charge in [0.05, 0.1) is 36.5 Å². The van der Waals surface area contributed by atoms with Crippen molar-refractivity contribution in [3.05, 3.63) is 35.7 Å². The van der Waals surface area contributed by atoms with Crippen LogP contribution in [0.5, 0.6) is 5.75 Å². The average Bonchev–Trinajstić information content (AvgIpc) is 3.22. The average molecular weight is 423 g/mol. The van der Waals surface area contributed by atoms with Crippen molar-refractivity contribution in [3.63, 3.8) is 0 Å². The number of nitrogens with one attached hydrogen (secondary N) is 1. The zero-order valence-electron chi connectivity index (χ0n) is 18.5. The molecule has 8 heteroatoms. The Morgan fingerprint density at radius 3 is 2.68 bits per heavy atom. The molecule has 1 saturated carbocycles. The number of nitrogens with zero attached hydrogens (tertiary/aromatic N) is 5. The molecule has 0 atom stereocenters. The number of aromatic nitrogens is 4. The molecule has 3 heterocycles. The first kappa shape index (κ1) is 20.2. The van der Waals surface area contributed by atoms with E-state index in [1.165, 1.54) is 11.1 Å². The molecule has 1 aromatic carbocycles. The largest absolute Gasteiger partial charge is 0.495 e. The highest BCUT2D eigenvalue weighted by atomic mass is 16.5. The molecule has 0 amide bonds. The van der Waals surface area contributed by atoms with Crippen LogP contribution in [0, 0.1) is 0 Å². The SMILES string of the molecule is COc1cc2c(cc1Nc1ncc3cnn([C@H]4CC[C@@H](OC)CC4)c3n1)CN(C)CC2. The molecule has 0 saturated heterocycles. The Morgan fingerprint density at radius 1 is 1.06 bits per heavy atom. The lowest BCUT2D eigenvalue weighted by molar-refractivity contribution is 0.0573. The molecule has 2 aliphatic rings. The van der Waals surface area contributed by atoms with E-state index in [1.807, 2.05) is 12.4 Å². The minimum Gasteiger partial charge on any atom is -0.495 e. The minimum absolute atomic E-state index is 0.348. The molecule has 1 aliphatic carbocycles. The first-order chi connectivity index (χ1) is 15.1. The predicted octanol–water partition coefficient (Wildman–Crippen LogP) is 3.70. The number of likely N-dealkylation sites (N-methyl/N-ethyl adjacent to an activating group) is 1. The van der Waals surface area contributed by atoms with Gasteiger partial charge in [0, 0.05) is 26.4 Å². The van der Waals surface area contributed by atoms with Crippen LogP contribution in [0.1, 0.15) is 42.9 Å². The molecule has 0 spiro atoms. The van der Waals surface area contributed by atoms with Gasteiger partial charge < -0.3 is 19.7 Å². The van der Waals surface area contributed by atoms with E-state index >= 15 is 0 Å². The van der Waals surface area contributed by atoms with Gasteiger partial charge in [-0.15, -0.1) is 0 Å². The van der Waals surface area contributed by atoms with E-state index in [0.29, 0.717) is 18.1 Å². The fourth-order valence-corrected chi connectivity index (χ4v) is 4.80. The van der Waals surface area contributed by atoms with E-state index < -0.39 is 0 Å². The molecule has 0 unspecified atom stereocenters. The van der Waals surface area contributed by atoms with Gasteiger partial charge in [-0.05, 0) is 62.4 Å². The van der Waals surface area contributed by atoms with Gasteiger partial charge in [0.25, 0.3) is 0 Å². The summed E-state index contributed by atoms with van der Waals surface area (Å²) in [6.07, 6.45) is 9.31. The second kappa shape index (κ2) is 8.43. The van der Waals surface area contributed by atoms with Crippen molar-refractivity contribution >= 4 is 22.7 Å². The second-order valence-electron chi connectivity index (χ2n) is 8.66. The first-order valence-corrected chi connectivity index (χ1v) is 11.0. The van der Waals surface area contributed by atoms with Gasteiger partial charge in [-0.1, -0.05) is 0 Å². The van der Waals surface area contributed by atoms with Crippen molar-refractivity contribution in [3.8, 4) is 5.75 Å². The summed E-state index contributed by atoms with van der Waals surface area (Å²) in [5.41, 5.74) is 4.43. The Bertz CT molecular complexity index is 1070. The van der Waals surface area contributed by atoms with Gasteiger partial charge in [0.2, 0.25) is 5.95 Å². The van der Waals surface area contributed by atoms with E-state index in [4.69, 9.17) is 14.5 Å². The number of rotatable bonds is 5. The number of hydrogen-bond donors (Lipinski definition) is 1. The lowest BCUT2D eigenvalue weighted by Gasteiger charge is -2.28. The third kappa shape index (κ3) is 3.97. The Hall–Kier alpha value is -2.71. The van der Waals surface area contributed by atoms with Crippen molar-refractivity contribution in [1.29, 1.82) is 0 Å². The summed E-state index contributed by atoms with van der Waals surface area (Å²) in [5.74, 6) is 1.38. The number of benzene rings is 1. The van der Waals surface area contributed by atoms with Crippen LogP contribution < -0.4 is 10.1 Å². The maximum absolute atomic E-state index is 5.66. The Labute approximate surface area is 182 Å². The Balaban J connectivity index is 1.43. The lowest BCUT2D eigenvalue weighted by atomic mass is 9.93. The third-order valence-corrected chi connectivity index (χ3v) is 6.63. The summed E-state index contributed by atoms with van der Waals surface area (Å²) in [6, 6.07) is 4.66. The Kier molecular flexibility index (Phi) is 5.50. The third-order valence-electron chi connectivity index (χ3n) is 6.63. The Morgan fingerprint density at radius 2 is 1.90 bits per heavy atom. The highest BCUT2D eigenvalue weighted by Crippen LogP contribution is 2.34. The van der Waals surface area contributed by atoms with Gasteiger partial charge >= 0.3 is 0 Å². The summed E-state index contributed by atoms with van der Waals surface area (Å²) in [6.45, 7) is 2.00. The lowest BCUT2D eigenvalue weighted by Crippen LogP contribution is -2.26. The molecular weight excluding hydrogens is 392 g/mol. The summed E-state index contributed by atoms with van der Waals surface area (Å²) in [4.78, 5) is 11.7. The van der Waals surface area contributed by atoms with Crippen molar-refractivity contribution in [2.45, 2.75) is 50.8 Å². The monoisotopic (exact) mass is 422 g/mol. The molecule has 1 fully saturated rings. The van der Waals surface area contributed by atoms with Crippen LogP contribution in [0.3, 0.4) is 0 Å². The minimum atomic E-state index is 0.348. The predicted molar refractivity (Wildman–Crippen MR) is 120 cm³/mol. The van der Waals surface area contributed by atoms with Gasteiger partial charge in [-0.3, -0.25) is 0 Å². The number of ether oxygens (including phenoxy) is 2. The van der Waals surface area contributed by atoms with Crippen molar-refractivity contribution in [1.82, 2.24) is 24.6 Å². The molecule has 0 radical (unpaired) electrons. The fraction of sp³-hybridized carbons (Fsp3) is 0.522. The molecular formula is C23H30N6O2. The summed E-state index contributed by atoms with van der Waals surface area (Å²) < 4.78 is 13.2. The number of hydrogen-bond acceptors (Lipinski definition) is 7. The second-order valence-corrected chi connectivity index (χ2v) is 8.66. The topological polar surface area (TPSA) is 77.3 Å². The standard InChI is InChI=1S/C23H30N6O2/c1-28-9-8-15-11-21(31-3)20(10-16(15)14-28)26-23-24-12-17-13-25-29(22(17)27-23)18-4-6-19(30-2)7-5-18/h10-13,18-19H,4-9,14H2,1-3H3,(H,24,26,27)/t18-,19+. The zero-order chi connectivity index (χ0) is 21.4. The first-order valence-electron chi connectivity index (χ1n) is 11.0. The summed E-state index contributed by atoms with van der Waals surface area (Å²) in [5, 5.41) is 8.98. The van der Waals surface area contributed by atoms with Crippen molar-refractivity contribution in [2.24, 2.45) is 0 Å². The number of methoxy groups -OCH3 is 2. The van der Waals surface area contributed by atoms with Gasteiger partial charge in [0.1, 0.15) is 5.75 Å². The summed E-state index contributed by atoms with van der Waals surface area (Å²) >= 11 is 0. The maximum Gasteiger partial charge on any atom is 0.229 e. The van der Waals surface area contributed by atoms with Gasteiger partial charge in [-0.25, -0.2) is 9.67 Å². The molecule has 5 rings (SSSR count). The van der Waals surface area contributed by atoms with Crippen LogP contribution in [-0.4, -0.2) is 58.6 Å². The summed E-state index contributed by atoms with van der Waals surface area (Å²) in [7, 11) is 5.66. The number of fused-ring (bicyclic) bond motifs is 2. The molecule has 31 heavy (non-hydrogen) atoms. The van der Waals surface area contributed by atoms with Crippen LogP contribution in [0.25, 0.3) is 11.0 Å². The highest BCUT2D eigenvalue weighted by Gasteiger charge is 2.24. The van der Waals surface area contributed by atoms with E-state index in [-0.39, 0.29) is 0 Å². The van der Waals surface area contributed by atoms with E-state index in [2.05, 4.69) is 44.2 Å². The van der Waals surface area contributed by atoms with E-state index in [0.717, 1.165) is 67.7 Å². The molecule has 1 aliphatic heterocycles. The van der Waals surface area contributed by atoms with Crippen molar-refractivity contribution < 1.29 is 9.47 Å². The molecule has 164 valence electrons. The van der Waals surface area contributed by atoms with Gasteiger partial charge in [0.15, 0.2) is 5.65 Å². The van der Waals surface area contributed by atoms with E-state index in [9.17, 15) is 0 Å². The quantitative estimate of drug-likeness (QED) is 0.672. The van der Waals surface area contributed by atoms with Crippen molar-refractivity contribution in [2.75, 3.05) is 33.1 Å². The van der Waals surface area contributed by atoms with E-state index in [1.54, 1.807) is 14.2 Å². The van der Waals surface area contributed by atoms with Gasteiger partial charge in [-0.2, -0.15) is 10.1 Å². The fourth-order valence-electron chi connectivity index (χ4n) is 4.80. The molecule has 2 aromatic heterocycles. The number of anilines is 2. The van der Waals surface area contributed by atoms with Crippen LogP contribution in [0.4, 0.5) is 11.6 Å². The molecule has 1 N–H and O–H groups in total. The smallest absolute Gasteiger partial charge is 0.229 e. The maximum atomic E-state index is 5.66. The normalized spacial score (nSPS) is 21.8. The van der Waals surface area contributed by atoms with Crippen LogP contribution >= 0.6 is 0 Å². The van der Waals surface area contributed by atoms with Crippen LogP contribution in [0.15, 0.2) is 24.5 Å². The molecule has 0 bridgehead atoms. The molecule has 3 aromatic rings. The zero-order valence-corrected chi connectivity index (χ0v) is 18.5. The van der Waals surface area contributed by atoms with Crippen LogP contribution in [-0.2, 0) is 17.7 Å².